The van der Waals surface area contributed by atoms with Gasteiger partial charge in [0.05, 0.1) is 37.1 Å². The Kier molecular flexibility index (Phi) is 4.53. The van der Waals surface area contributed by atoms with Crippen molar-refractivity contribution in [3.05, 3.63) is 48.3 Å². The number of carbonyl (C=O) groups excluding carboxylic acids is 1. The SMILES string of the molecule is C[N+]1(CCOc2nn3ccccc3c2N=C2C=CC(=O)C=C2N)CCCC1. The summed E-state index contributed by atoms with van der Waals surface area (Å²) in [6.07, 6.45) is 8.88. The molecule has 4 rings (SSSR count). The van der Waals surface area contributed by atoms with Gasteiger partial charge in [-0.15, -0.1) is 5.10 Å². The van der Waals surface area contributed by atoms with Crippen LogP contribution in [0, 0.1) is 0 Å². The van der Waals surface area contributed by atoms with Crippen molar-refractivity contribution in [2.24, 2.45) is 10.7 Å². The minimum absolute atomic E-state index is 0.134. The first kappa shape index (κ1) is 17.5. The number of quaternary nitrogens is 1. The molecule has 27 heavy (non-hydrogen) atoms. The van der Waals surface area contributed by atoms with E-state index in [4.69, 9.17) is 10.5 Å². The summed E-state index contributed by atoms with van der Waals surface area (Å²) < 4.78 is 8.83. The third kappa shape index (κ3) is 3.64. The standard InChI is InChI=1S/C20H23N5O2/c1-25(10-4-5-11-25)12-13-27-20-19(18-6-2-3-9-24(18)23-20)22-17-8-7-15(26)14-16(17)21/h2-3,6-9,14H,4-5,10-13H2,1H3,(H-,21,26)/p+1. The van der Waals surface area contributed by atoms with Crippen LogP contribution in [0.5, 0.6) is 5.88 Å². The van der Waals surface area contributed by atoms with Gasteiger partial charge in [0.15, 0.2) is 11.5 Å². The molecule has 7 nitrogen and oxygen atoms in total. The molecule has 0 saturated carbocycles. The number of ether oxygens (including phenoxy) is 1. The van der Waals surface area contributed by atoms with E-state index in [9.17, 15) is 4.79 Å². The maximum atomic E-state index is 11.5. The second-order valence-electron chi connectivity index (χ2n) is 7.36. The molecule has 1 saturated heterocycles. The summed E-state index contributed by atoms with van der Waals surface area (Å²) in [5, 5.41) is 4.53. The first-order valence-electron chi connectivity index (χ1n) is 9.26. The van der Waals surface area contributed by atoms with E-state index in [0.29, 0.717) is 29.6 Å². The van der Waals surface area contributed by atoms with Crippen molar-refractivity contribution in [3.8, 4) is 5.88 Å². The molecule has 0 radical (unpaired) electrons. The lowest BCUT2D eigenvalue weighted by atomic mass is 10.1. The predicted octanol–water partition coefficient (Wildman–Crippen LogP) is 2.01. The topological polar surface area (TPSA) is 82.0 Å². The average Bonchev–Trinajstić information content (AvgIpc) is 3.22. The maximum absolute atomic E-state index is 11.5. The predicted molar refractivity (Wildman–Crippen MR) is 104 cm³/mol. The fourth-order valence-electron chi connectivity index (χ4n) is 3.61. The fourth-order valence-corrected chi connectivity index (χ4v) is 3.61. The van der Waals surface area contributed by atoms with E-state index < -0.39 is 0 Å². The third-order valence-electron chi connectivity index (χ3n) is 5.23. The zero-order valence-electron chi connectivity index (χ0n) is 15.5. The molecule has 1 fully saturated rings. The number of carbonyl (C=O) groups is 1. The van der Waals surface area contributed by atoms with Gasteiger partial charge < -0.3 is 15.0 Å². The maximum Gasteiger partial charge on any atom is 0.260 e. The van der Waals surface area contributed by atoms with Crippen molar-refractivity contribution in [1.82, 2.24) is 9.61 Å². The molecule has 2 aromatic rings. The summed E-state index contributed by atoms with van der Waals surface area (Å²) in [6, 6.07) is 5.77. The highest BCUT2D eigenvalue weighted by atomic mass is 16.5. The molecular formula is C20H24N5O2+. The van der Waals surface area contributed by atoms with E-state index in [-0.39, 0.29) is 5.78 Å². The minimum atomic E-state index is -0.134. The zero-order valence-corrected chi connectivity index (χ0v) is 15.5. The molecule has 140 valence electrons. The number of hydrogen-bond acceptors (Lipinski definition) is 5. The van der Waals surface area contributed by atoms with Crippen LogP contribution in [0.25, 0.3) is 5.52 Å². The van der Waals surface area contributed by atoms with Crippen molar-refractivity contribution in [2.75, 3.05) is 33.3 Å². The van der Waals surface area contributed by atoms with E-state index in [1.165, 1.54) is 38.1 Å². The molecule has 0 atom stereocenters. The summed E-state index contributed by atoms with van der Waals surface area (Å²) in [7, 11) is 2.27. The molecule has 0 bridgehead atoms. The second-order valence-corrected chi connectivity index (χ2v) is 7.36. The number of nitrogens with zero attached hydrogens (tertiary/aromatic N) is 4. The molecule has 2 aliphatic rings. The molecule has 1 aliphatic heterocycles. The van der Waals surface area contributed by atoms with E-state index in [1.54, 1.807) is 10.6 Å². The minimum Gasteiger partial charge on any atom is -0.469 e. The van der Waals surface area contributed by atoms with Gasteiger partial charge in [-0.1, -0.05) is 6.07 Å². The van der Waals surface area contributed by atoms with E-state index >= 15 is 0 Å². The zero-order chi connectivity index (χ0) is 18.9. The number of allylic oxidation sites excluding steroid dienone is 3. The van der Waals surface area contributed by atoms with Crippen LogP contribution in [0.15, 0.2) is 53.3 Å². The Bertz CT molecular complexity index is 964. The quantitative estimate of drug-likeness (QED) is 0.648. The largest absolute Gasteiger partial charge is 0.469 e. The highest BCUT2D eigenvalue weighted by molar-refractivity contribution is 6.20. The van der Waals surface area contributed by atoms with Crippen molar-refractivity contribution in [1.29, 1.82) is 0 Å². The lowest BCUT2D eigenvalue weighted by Gasteiger charge is -2.28. The number of nitrogens with two attached hydrogens (primary N) is 1. The molecule has 2 N–H and O–H groups in total. The molecular weight excluding hydrogens is 342 g/mol. The van der Waals surface area contributed by atoms with Gasteiger partial charge in [-0.25, -0.2) is 9.51 Å². The van der Waals surface area contributed by atoms with Crippen LogP contribution in [-0.4, -0.2) is 58.9 Å². The van der Waals surface area contributed by atoms with Crippen LogP contribution < -0.4 is 10.5 Å². The Balaban J connectivity index is 1.62. The summed E-state index contributed by atoms with van der Waals surface area (Å²) in [5.41, 5.74) is 8.32. The van der Waals surface area contributed by atoms with Gasteiger partial charge in [-0.2, -0.15) is 0 Å². The van der Waals surface area contributed by atoms with Gasteiger partial charge in [0, 0.05) is 25.1 Å². The van der Waals surface area contributed by atoms with Crippen LogP contribution >= 0.6 is 0 Å². The van der Waals surface area contributed by atoms with Crippen LogP contribution in [0.3, 0.4) is 0 Å². The summed E-state index contributed by atoms with van der Waals surface area (Å²) in [4.78, 5) is 16.1. The number of fused-ring (bicyclic) bond motifs is 1. The number of likely N-dealkylation sites (N-methyl/N-ethyl adjacent to an activating group) is 1. The van der Waals surface area contributed by atoms with Crippen LogP contribution in [0.4, 0.5) is 5.69 Å². The fraction of sp³-hybridized carbons (Fsp3) is 0.350. The van der Waals surface area contributed by atoms with E-state index in [2.05, 4.69) is 17.1 Å². The smallest absolute Gasteiger partial charge is 0.260 e. The molecule has 3 heterocycles. The molecule has 2 aromatic heterocycles. The first-order chi connectivity index (χ1) is 13.0. The van der Waals surface area contributed by atoms with Gasteiger partial charge in [0.2, 0.25) is 0 Å². The summed E-state index contributed by atoms with van der Waals surface area (Å²) in [5.74, 6) is 0.350. The van der Waals surface area contributed by atoms with Crippen molar-refractivity contribution >= 4 is 22.7 Å². The number of aromatic nitrogens is 2. The highest BCUT2D eigenvalue weighted by Gasteiger charge is 2.27. The monoisotopic (exact) mass is 366 g/mol. The van der Waals surface area contributed by atoms with Crippen LogP contribution in [-0.2, 0) is 4.79 Å². The Morgan fingerprint density at radius 1 is 1.30 bits per heavy atom. The van der Waals surface area contributed by atoms with Gasteiger partial charge in [-0.3, -0.25) is 4.79 Å². The number of hydrogen-bond donors (Lipinski definition) is 1. The third-order valence-corrected chi connectivity index (χ3v) is 5.23. The Morgan fingerprint density at radius 3 is 2.89 bits per heavy atom. The number of ketones is 1. The van der Waals surface area contributed by atoms with Gasteiger partial charge in [0.25, 0.3) is 5.88 Å². The number of aliphatic imine (C=N–C) groups is 1. The van der Waals surface area contributed by atoms with Gasteiger partial charge in [0.1, 0.15) is 13.2 Å². The summed E-state index contributed by atoms with van der Waals surface area (Å²) in [6.45, 7) is 3.92. The molecule has 0 unspecified atom stereocenters. The van der Waals surface area contributed by atoms with Crippen LogP contribution in [0.1, 0.15) is 12.8 Å². The normalized spacial score (nSPS) is 20.4. The molecule has 0 amide bonds. The van der Waals surface area contributed by atoms with E-state index in [0.717, 1.165) is 16.5 Å². The van der Waals surface area contributed by atoms with Crippen molar-refractivity contribution < 1.29 is 14.0 Å². The van der Waals surface area contributed by atoms with Crippen molar-refractivity contribution in [3.63, 3.8) is 0 Å². The second kappa shape index (κ2) is 7.00. The van der Waals surface area contributed by atoms with Crippen molar-refractivity contribution in [2.45, 2.75) is 12.8 Å². The summed E-state index contributed by atoms with van der Waals surface area (Å²) >= 11 is 0. The number of pyridine rings is 1. The molecule has 7 heteroatoms. The average molecular weight is 366 g/mol. The first-order valence-corrected chi connectivity index (χ1v) is 9.26. The molecule has 0 aromatic carbocycles. The van der Waals surface area contributed by atoms with Gasteiger partial charge >= 0.3 is 0 Å². The van der Waals surface area contributed by atoms with Gasteiger partial charge in [-0.05, 0) is 24.3 Å². The Hall–Kier alpha value is -2.93. The molecule has 0 spiro atoms. The van der Waals surface area contributed by atoms with E-state index in [1.807, 2.05) is 24.4 Å². The molecule has 1 aliphatic carbocycles. The Morgan fingerprint density at radius 2 is 2.11 bits per heavy atom. The number of rotatable bonds is 5. The highest BCUT2D eigenvalue weighted by Crippen LogP contribution is 2.32. The Labute approximate surface area is 158 Å². The lowest BCUT2D eigenvalue weighted by molar-refractivity contribution is -0.897. The van der Waals surface area contributed by atoms with Crippen LogP contribution in [0.2, 0.25) is 0 Å². The lowest BCUT2D eigenvalue weighted by Crippen LogP contribution is -2.43. The number of likely N-dealkylation sites (tertiary alicyclic amines) is 1.